The van der Waals surface area contributed by atoms with Crippen LogP contribution in [0.25, 0.3) is 11.8 Å². The van der Waals surface area contributed by atoms with E-state index in [-0.39, 0.29) is 18.3 Å². The van der Waals surface area contributed by atoms with E-state index < -0.39 is 0 Å². The Bertz CT molecular complexity index is 1260. The lowest BCUT2D eigenvalue weighted by Gasteiger charge is -2.42. The van der Waals surface area contributed by atoms with E-state index in [1.807, 2.05) is 40.9 Å². The molecule has 0 bridgehead atoms. The van der Waals surface area contributed by atoms with Crippen molar-refractivity contribution in [1.29, 1.82) is 0 Å². The molecule has 2 aliphatic rings. The van der Waals surface area contributed by atoms with Crippen molar-refractivity contribution in [3.63, 3.8) is 0 Å². The van der Waals surface area contributed by atoms with Crippen LogP contribution in [0.3, 0.4) is 0 Å². The summed E-state index contributed by atoms with van der Waals surface area (Å²) in [4.78, 5) is 21.6. The number of halogens is 1. The number of aryl methyl sites for hydroxylation is 1. The lowest BCUT2D eigenvalue weighted by molar-refractivity contribution is -0.119. The number of rotatable bonds is 4. The number of imidazole rings is 1. The monoisotopic (exact) mass is 445 g/mol. The summed E-state index contributed by atoms with van der Waals surface area (Å²) in [5, 5.41) is 3.51. The molecule has 5 rings (SSSR count). The quantitative estimate of drug-likeness (QED) is 0.605. The number of carbonyl (C=O) groups excluding carboxylic acids is 1. The number of hydrogen-bond donors (Lipinski definition) is 0. The van der Waals surface area contributed by atoms with E-state index in [2.05, 4.69) is 16.1 Å². The molecular formula is C25H24FN5O2. The van der Waals surface area contributed by atoms with Crippen molar-refractivity contribution < 1.29 is 13.9 Å². The predicted octanol–water partition coefficient (Wildman–Crippen LogP) is 4.17. The van der Waals surface area contributed by atoms with Crippen LogP contribution in [-0.2, 0) is 4.79 Å². The van der Waals surface area contributed by atoms with E-state index in [1.165, 1.54) is 12.1 Å². The summed E-state index contributed by atoms with van der Waals surface area (Å²) in [6.07, 6.45) is 7.54. The Morgan fingerprint density at radius 2 is 1.97 bits per heavy atom. The number of aliphatic imine (C=N–C) groups is 1. The number of benzene rings is 2. The molecule has 168 valence electrons. The number of nitrogens with zero attached hydrogens (tertiary/aromatic N) is 5. The standard InChI is InChI=1S/C25H24FN5O2/c1-17-15-29(16-28-17)22-10-5-18(13-23(22)33-2)12-19-4-3-11-30-25(19)27-14-24(32)31(30)21-8-6-20(26)7-9-21/h5-10,12-13,15-16H,3-4,11,14H2,1-2H3. The van der Waals surface area contributed by atoms with Gasteiger partial charge in [0.05, 0.1) is 30.5 Å². The van der Waals surface area contributed by atoms with Gasteiger partial charge in [-0.05, 0) is 73.4 Å². The van der Waals surface area contributed by atoms with Gasteiger partial charge in [0.2, 0.25) is 0 Å². The number of hydrogen-bond acceptors (Lipinski definition) is 5. The molecule has 7 nitrogen and oxygen atoms in total. The lowest BCUT2D eigenvalue weighted by atomic mass is 10.00. The molecule has 3 heterocycles. The highest BCUT2D eigenvalue weighted by Gasteiger charge is 2.34. The van der Waals surface area contributed by atoms with Gasteiger partial charge in [-0.2, -0.15) is 0 Å². The number of fused-ring (bicyclic) bond motifs is 1. The van der Waals surface area contributed by atoms with Gasteiger partial charge in [0.15, 0.2) is 0 Å². The number of ether oxygens (including phenoxy) is 1. The average Bonchev–Trinajstić information content (AvgIpc) is 3.26. The predicted molar refractivity (Wildman–Crippen MR) is 125 cm³/mol. The highest BCUT2D eigenvalue weighted by molar-refractivity contribution is 6.10. The first kappa shape index (κ1) is 20.9. The van der Waals surface area contributed by atoms with Crippen molar-refractivity contribution in [3.05, 3.63) is 77.6 Å². The third-order valence-corrected chi connectivity index (χ3v) is 5.80. The summed E-state index contributed by atoms with van der Waals surface area (Å²) in [7, 11) is 1.65. The minimum Gasteiger partial charge on any atom is -0.495 e. The van der Waals surface area contributed by atoms with Gasteiger partial charge in [-0.15, -0.1) is 0 Å². The molecule has 0 spiro atoms. The first-order chi connectivity index (χ1) is 16.0. The molecule has 2 aromatic carbocycles. The summed E-state index contributed by atoms with van der Waals surface area (Å²) >= 11 is 0. The van der Waals surface area contributed by atoms with Crippen LogP contribution in [0.15, 0.2) is 65.6 Å². The number of anilines is 1. The maximum absolute atomic E-state index is 13.4. The topological polar surface area (TPSA) is 63.0 Å². The van der Waals surface area contributed by atoms with Gasteiger partial charge in [-0.3, -0.25) is 14.8 Å². The van der Waals surface area contributed by atoms with Crippen molar-refractivity contribution in [3.8, 4) is 11.4 Å². The third-order valence-electron chi connectivity index (χ3n) is 5.80. The van der Waals surface area contributed by atoms with E-state index in [1.54, 1.807) is 30.6 Å². The zero-order valence-corrected chi connectivity index (χ0v) is 18.5. The number of amidine groups is 1. The summed E-state index contributed by atoms with van der Waals surface area (Å²) in [5.41, 5.74) is 4.51. The molecule has 0 aliphatic carbocycles. The average molecular weight is 445 g/mol. The summed E-state index contributed by atoms with van der Waals surface area (Å²) in [6, 6.07) is 12.0. The Kier molecular flexibility index (Phi) is 5.42. The second-order valence-corrected chi connectivity index (χ2v) is 8.07. The highest BCUT2D eigenvalue weighted by atomic mass is 19.1. The van der Waals surface area contributed by atoms with Crippen LogP contribution in [0.4, 0.5) is 10.1 Å². The maximum atomic E-state index is 13.4. The molecule has 0 unspecified atom stereocenters. The number of aromatic nitrogens is 2. The van der Waals surface area contributed by atoms with Crippen LogP contribution in [0, 0.1) is 12.7 Å². The van der Waals surface area contributed by atoms with Crippen LogP contribution in [0.1, 0.15) is 24.1 Å². The molecule has 1 saturated heterocycles. The summed E-state index contributed by atoms with van der Waals surface area (Å²) in [5.74, 6) is 1.05. The van der Waals surface area contributed by atoms with Crippen molar-refractivity contribution >= 4 is 23.5 Å². The van der Waals surface area contributed by atoms with Crippen molar-refractivity contribution in [2.75, 3.05) is 25.2 Å². The van der Waals surface area contributed by atoms with E-state index in [0.29, 0.717) is 12.2 Å². The van der Waals surface area contributed by atoms with Crippen LogP contribution in [0.2, 0.25) is 0 Å². The zero-order chi connectivity index (χ0) is 22.9. The van der Waals surface area contributed by atoms with Gasteiger partial charge in [0, 0.05) is 12.7 Å². The summed E-state index contributed by atoms with van der Waals surface area (Å²) < 4.78 is 21.0. The smallest absolute Gasteiger partial charge is 0.267 e. The molecule has 3 aromatic rings. The number of carbonyl (C=O) groups is 1. The fraction of sp³-hybridized carbons (Fsp3) is 0.240. The summed E-state index contributed by atoms with van der Waals surface area (Å²) in [6.45, 7) is 2.67. The van der Waals surface area contributed by atoms with Crippen molar-refractivity contribution in [1.82, 2.24) is 14.6 Å². The van der Waals surface area contributed by atoms with E-state index in [0.717, 1.165) is 46.9 Å². The fourth-order valence-corrected chi connectivity index (χ4v) is 4.28. The van der Waals surface area contributed by atoms with Crippen molar-refractivity contribution in [2.45, 2.75) is 19.8 Å². The third kappa shape index (κ3) is 4.00. The molecule has 2 aliphatic heterocycles. The van der Waals surface area contributed by atoms with Gasteiger partial charge in [0.1, 0.15) is 23.9 Å². The van der Waals surface area contributed by atoms with Crippen LogP contribution in [-0.4, -0.2) is 46.5 Å². The normalized spacial score (nSPS) is 17.2. The van der Waals surface area contributed by atoms with Crippen LogP contribution >= 0.6 is 0 Å². The number of amides is 1. The van der Waals surface area contributed by atoms with Gasteiger partial charge in [-0.25, -0.2) is 14.4 Å². The lowest BCUT2D eigenvalue weighted by Crippen LogP contribution is -2.56. The zero-order valence-electron chi connectivity index (χ0n) is 18.5. The van der Waals surface area contributed by atoms with Crippen LogP contribution < -0.4 is 9.75 Å². The largest absolute Gasteiger partial charge is 0.495 e. The minimum absolute atomic E-state index is 0.0583. The van der Waals surface area contributed by atoms with Crippen molar-refractivity contribution in [2.24, 2.45) is 4.99 Å². The van der Waals surface area contributed by atoms with Gasteiger partial charge in [0.25, 0.3) is 5.91 Å². The molecule has 33 heavy (non-hydrogen) atoms. The SMILES string of the molecule is COc1cc(C=C2CCCN3C2=NCC(=O)N3c2ccc(F)cc2)ccc1-n1cnc(C)c1. The molecular weight excluding hydrogens is 421 g/mol. The fourth-order valence-electron chi connectivity index (χ4n) is 4.28. The molecule has 1 fully saturated rings. The molecule has 1 amide bonds. The second-order valence-electron chi connectivity index (χ2n) is 8.07. The molecule has 8 heteroatoms. The maximum Gasteiger partial charge on any atom is 0.267 e. The first-order valence-electron chi connectivity index (χ1n) is 10.8. The van der Waals surface area contributed by atoms with E-state index >= 15 is 0 Å². The molecule has 0 atom stereocenters. The Hall–Kier alpha value is -3.94. The Balaban J connectivity index is 1.48. The molecule has 0 saturated carbocycles. The first-order valence-corrected chi connectivity index (χ1v) is 10.8. The van der Waals surface area contributed by atoms with E-state index in [9.17, 15) is 9.18 Å². The second kappa shape index (κ2) is 8.54. The highest BCUT2D eigenvalue weighted by Crippen LogP contribution is 2.31. The van der Waals surface area contributed by atoms with E-state index in [4.69, 9.17) is 4.74 Å². The number of piperidine rings is 1. The van der Waals surface area contributed by atoms with Gasteiger partial charge in [-0.1, -0.05) is 6.07 Å². The van der Waals surface area contributed by atoms with Gasteiger partial charge < -0.3 is 9.30 Å². The number of hydrazine groups is 1. The van der Waals surface area contributed by atoms with Gasteiger partial charge >= 0.3 is 0 Å². The number of methoxy groups -OCH3 is 1. The Morgan fingerprint density at radius 1 is 1.15 bits per heavy atom. The van der Waals surface area contributed by atoms with Crippen LogP contribution in [0.5, 0.6) is 5.75 Å². The molecule has 0 N–H and O–H groups in total. The Labute approximate surface area is 191 Å². The Morgan fingerprint density at radius 3 is 2.70 bits per heavy atom. The molecule has 0 radical (unpaired) electrons. The minimum atomic E-state index is -0.334. The molecule has 1 aromatic heterocycles.